The molecule has 3 aromatic heterocycles. The van der Waals surface area contributed by atoms with Crippen LogP contribution in [0.1, 0.15) is 61.2 Å². The number of aromatic carboxylic acids is 1. The molecule has 0 spiro atoms. The number of carbonyl (C=O) groups is 1. The van der Waals surface area contributed by atoms with Crippen molar-refractivity contribution >= 4 is 34.3 Å². The van der Waals surface area contributed by atoms with Crippen LogP contribution in [0.4, 0.5) is 5.69 Å². The van der Waals surface area contributed by atoms with Gasteiger partial charge in [-0.15, -0.1) is 0 Å². The number of imidazole rings is 2. The lowest BCUT2D eigenvalue weighted by molar-refractivity contribution is 0.00146. The molecule has 1 aliphatic rings. The molecule has 0 aliphatic carbocycles. The van der Waals surface area contributed by atoms with Crippen molar-refractivity contribution < 1.29 is 19.4 Å². The van der Waals surface area contributed by atoms with E-state index in [0.29, 0.717) is 35.2 Å². The fraction of sp³-hybridized carbons (Fsp3) is 0.343. The van der Waals surface area contributed by atoms with Gasteiger partial charge in [0.15, 0.2) is 0 Å². The number of hydrogen-bond acceptors (Lipinski definition) is 7. The number of hydrogen-bond donors (Lipinski definition) is 1. The van der Waals surface area contributed by atoms with E-state index >= 15 is 0 Å². The number of carboxylic acids is 1. The molecule has 11 nitrogen and oxygen atoms in total. The molecule has 47 heavy (non-hydrogen) atoms. The molecule has 0 bridgehead atoms. The zero-order valence-electron chi connectivity index (χ0n) is 26.6. The molecule has 1 aliphatic heterocycles. The van der Waals surface area contributed by atoms with Crippen LogP contribution in [0.2, 0.25) is 5.02 Å². The second-order valence-electron chi connectivity index (χ2n) is 12.3. The number of aromatic nitrogens is 5. The van der Waals surface area contributed by atoms with Gasteiger partial charge in [-0.2, -0.15) is 0 Å². The van der Waals surface area contributed by atoms with Crippen LogP contribution >= 0.6 is 11.6 Å². The number of ether oxygens (including phenoxy) is 2. The third kappa shape index (κ3) is 7.09. The minimum Gasteiger partial charge on any atom is -0.498 e. The summed E-state index contributed by atoms with van der Waals surface area (Å²) in [5.41, 5.74) is 3.67. The number of fused-ring (bicyclic) bond motifs is 1. The number of piperidine rings is 1. The summed E-state index contributed by atoms with van der Waals surface area (Å²) in [6.45, 7) is 16.8. The molecule has 12 heteroatoms. The minimum absolute atomic E-state index is 0.00162. The van der Waals surface area contributed by atoms with Crippen LogP contribution in [0.25, 0.3) is 15.9 Å². The first-order valence-electron chi connectivity index (χ1n) is 15.5. The Bertz CT molecular complexity index is 1960. The van der Waals surface area contributed by atoms with Crippen molar-refractivity contribution in [2.24, 2.45) is 0 Å². The maximum Gasteiger partial charge on any atom is 0.335 e. The molecule has 1 unspecified atom stereocenters. The number of halogens is 1. The fourth-order valence-electron chi connectivity index (χ4n) is 6.14. The van der Waals surface area contributed by atoms with Gasteiger partial charge in [-0.25, -0.2) is 19.6 Å². The molecule has 1 atom stereocenters. The number of nitrogens with zero attached hydrogens (tertiary/aromatic N) is 7. The van der Waals surface area contributed by atoms with Crippen LogP contribution < -0.4 is 9.47 Å². The van der Waals surface area contributed by atoms with Crippen LogP contribution in [-0.2, 0) is 26.2 Å². The third-order valence-electron chi connectivity index (χ3n) is 8.68. The van der Waals surface area contributed by atoms with E-state index in [-0.39, 0.29) is 23.8 Å². The lowest BCUT2D eigenvalue weighted by Crippen LogP contribution is -2.52. The average molecular weight is 654 g/mol. The van der Waals surface area contributed by atoms with Crippen molar-refractivity contribution in [1.82, 2.24) is 29.0 Å². The Labute approximate surface area is 278 Å². The highest BCUT2D eigenvalue weighted by atomic mass is 35.5. The van der Waals surface area contributed by atoms with Crippen LogP contribution in [0, 0.1) is 6.57 Å². The molecule has 0 saturated carbocycles. The van der Waals surface area contributed by atoms with Crippen molar-refractivity contribution in [3.63, 3.8) is 0 Å². The molecule has 1 fully saturated rings. The molecule has 0 amide bonds. The van der Waals surface area contributed by atoms with Crippen LogP contribution in [0.3, 0.4) is 0 Å². The summed E-state index contributed by atoms with van der Waals surface area (Å²) in [5, 5.41) is 10.2. The topological polar surface area (TPSA) is 112 Å². The van der Waals surface area contributed by atoms with Gasteiger partial charge in [-0.3, -0.25) is 9.88 Å². The van der Waals surface area contributed by atoms with Gasteiger partial charge in [-0.1, -0.05) is 11.6 Å². The first-order chi connectivity index (χ1) is 22.6. The zero-order chi connectivity index (χ0) is 33.1. The molecule has 6 rings (SSSR count). The van der Waals surface area contributed by atoms with Gasteiger partial charge in [0.2, 0.25) is 5.69 Å². The summed E-state index contributed by atoms with van der Waals surface area (Å²) in [6, 6.07) is 13.8. The normalized spacial score (nSPS) is 16.2. The molecule has 1 saturated heterocycles. The zero-order valence-corrected chi connectivity index (χ0v) is 27.3. The maximum atomic E-state index is 11.8. The molecule has 5 aromatic rings. The van der Waals surface area contributed by atoms with Crippen molar-refractivity contribution in [1.29, 1.82) is 0 Å². The van der Waals surface area contributed by atoms with E-state index in [1.54, 1.807) is 42.6 Å². The van der Waals surface area contributed by atoms with Gasteiger partial charge < -0.3 is 23.7 Å². The Hall–Kier alpha value is -4.92. The van der Waals surface area contributed by atoms with E-state index in [9.17, 15) is 9.90 Å². The highest BCUT2D eigenvalue weighted by Crippen LogP contribution is 2.34. The van der Waals surface area contributed by atoms with Gasteiger partial charge in [0.05, 0.1) is 54.0 Å². The standard InChI is InChI=1S/C35H36ClN7O4/c1-5-41-22-38-18-26(41)19-43-31-14-23(34(44)45)6-8-29(31)40-33(43)20-42-13-11-28(17-35(42,2)3)47-27-10-12-39-25(16-27)21-46-32-9-7-24(36)15-30(32)37-4/h6-10,12,14-16,18,22,28H,5,11,13,17,19-21H2,1-3H3,(H,44,45). The molecule has 1 N–H and O–H groups in total. The van der Waals surface area contributed by atoms with Crippen molar-refractivity contribution in [2.75, 3.05) is 6.54 Å². The van der Waals surface area contributed by atoms with Crippen molar-refractivity contribution in [2.45, 2.75) is 71.5 Å². The van der Waals surface area contributed by atoms with E-state index < -0.39 is 5.97 Å². The predicted octanol–water partition coefficient (Wildman–Crippen LogP) is 7.00. The molecular formula is C35H36ClN7O4. The van der Waals surface area contributed by atoms with Crippen LogP contribution in [0.15, 0.2) is 67.3 Å². The van der Waals surface area contributed by atoms with Gasteiger partial charge in [0.25, 0.3) is 0 Å². The summed E-state index contributed by atoms with van der Waals surface area (Å²) < 4.78 is 16.6. The number of rotatable bonds is 11. The maximum absolute atomic E-state index is 11.8. The summed E-state index contributed by atoms with van der Waals surface area (Å²) in [4.78, 5) is 31.5. The Morgan fingerprint density at radius 2 is 2.02 bits per heavy atom. The van der Waals surface area contributed by atoms with E-state index in [1.807, 2.05) is 24.7 Å². The predicted molar refractivity (Wildman–Crippen MR) is 178 cm³/mol. The monoisotopic (exact) mass is 653 g/mol. The average Bonchev–Trinajstić information content (AvgIpc) is 3.65. The molecular weight excluding hydrogens is 618 g/mol. The molecule has 2 aromatic carbocycles. The molecule has 242 valence electrons. The van der Waals surface area contributed by atoms with E-state index in [2.05, 4.69) is 49.6 Å². The third-order valence-corrected chi connectivity index (χ3v) is 8.91. The van der Waals surface area contributed by atoms with Crippen molar-refractivity contribution in [3.8, 4) is 11.5 Å². The van der Waals surface area contributed by atoms with Gasteiger partial charge >= 0.3 is 5.97 Å². The van der Waals surface area contributed by atoms with Gasteiger partial charge in [-0.05, 0) is 69.7 Å². The first-order valence-corrected chi connectivity index (χ1v) is 15.9. The summed E-state index contributed by atoms with van der Waals surface area (Å²) >= 11 is 6.01. The quantitative estimate of drug-likeness (QED) is 0.152. The molecule has 4 heterocycles. The van der Waals surface area contributed by atoms with E-state index in [4.69, 9.17) is 32.6 Å². The Kier molecular flexibility index (Phi) is 9.16. The Morgan fingerprint density at radius 1 is 1.17 bits per heavy atom. The number of carboxylic acid groups (broad SMARTS) is 1. The number of benzene rings is 2. The van der Waals surface area contributed by atoms with Gasteiger partial charge in [0, 0.05) is 48.5 Å². The SMILES string of the molecule is [C-]#[N+]c1cc(Cl)ccc1OCc1cc(OC2CCN(Cc3nc4ccc(C(=O)O)cc4n3Cc3cncn3CC)C(C)(C)C2)ccn1. The first kappa shape index (κ1) is 32.0. The van der Waals surface area contributed by atoms with Crippen molar-refractivity contribution in [3.05, 3.63) is 106 Å². The number of pyridine rings is 1. The Balaban J connectivity index is 1.16. The highest BCUT2D eigenvalue weighted by molar-refractivity contribution is 6.30. The van der Waals surface area contributed by atoms with Crippen LogP contribution in [0.5, 0.6) is 11.5 Å². The van der Waals surface area contributed by atoms with E-state index in [0.717, 1.165) is 54.2 Å². The number of aryl methyl sites for hydroxylation is 1. The molecule has 0 radical (unpaired) electrons. The summed E-state index contributed by atoms with van der Waals surface area (Å²) in [6.07, 6.45) is 6.99. The Morgan fingerprint density at radius 3 is 2.79 bits per heavy atom. The summed E-state index contributed by atoms with van der Waals surface area (Å²) in [7, 11) is 0. The van der Waals surface area contributed by atoms with Gasteiger partial charge in [0.1, 0.15) is 30.0 Å². The second-order valence-corrected chi connectivity index (χ2v) is 12.7. The lowest BCUT2D eigenvalue weighted by Gasteiger charge is -2.45. The lowest BCUT2D eigenvalue weighted by atomic mass is 9.88. The van der Waals surface area contributed by atoms with E-state index in [1.165, 1.54) is 0 Å². The van der Waals surface area contributed by atoms with Crippen LogP contribution in [-0.4, -0.2) is 58.2 Å². The fourth-order valence-corrected chi connectivity index (χ4v) is 6.30. The number of likely N-dealkylation sites (tertiary alicyclic amines) is 1. The smallest absolute Gasteiger partial charge is 0.335 e. The second kappa shape index (κ2) is 13.4. The minimum atomic E-state index is -0.965. The largest absolute Gasteiger partial charge is 0.498 e. The highest BCUT2D eigenvalue weighted by Gasteiger charge is 2.36. The summed E-state index contributed by atoms with van der Waals surface area (Å²) in [5.74, 6) is 1.09.